The van der Waals surface area contributed by atoms with Gasteiger partial charge in [0.25, 0.3) is 5.91 Å². The van der Waals surface area contributed by atoms with Crippen LogP contribution in [0.25, 0.3) is 0 Å². The molecule has 5 rings (SSSR count). The largest absolute Gasteiger partial charge is 0.490 e. The number of anilines is 1. The molecule has 2 N–H and O–H groups in total. The zero-order valence-electron chi connectivity index (χ0n) is 16.8. The number of fused-ring (bicyclic) bond motifs is 2. The Morgan fingerprint density at radius 2 is 2.00 bits per heavy atom. The summed E-state index contributed by atoms with van der Waals surface area (Å²) >= 11 is 0. The molecular formula is C23H27N3O3. The number of hydrogen-bond donors (Lipinski definition) is 2. The number of nitrogens with zero attached hydrogens (tertiary/aromatic N) is 2. The summed E-state index contributed by atoms with van der Waals surface area (Å²) in [6.45, 7) is 4.43. The number of amides is 1. The van der Waals surface area contributed by atoms with Crippen molar-refractivity contribution >= 4 is 11.7 Å². The first-order valence-corrected chi connectivity index (χ1v) is 10.6. The molecule has 3 aliphatic rings. The predicted octanol–water partition coefficient (Wildman–Crippen LogP) is 2.39. The third-order valence-electron chi connectivity index (χ3n) is 6.33. The summed E-state index contributed by atoms with van der Waals surface area (Å²) in [4.78, 5) is 19.1. The van der Waals surface area contributed by atoms with Crippen LogP contribution in [0.2, 0.25) is 0 Å². The molecule has 2 aromatic rings. The molecule has 3 heterocycles. The van der Waals surface area contributed by atoms with Gasteiger partial charge in [-0.05, 0) is 54.2 Å². The molecule has 0 spiro atoms. The normalized spacial score (nSPS) is 21.1. The standard InChI is InChI=1S/C23H27N3O3/c1-2-14-12-20-21(13-24-23(20)28)25-22(14)26-7-5-18(6-8-26)29-19-4-3-15-9-17(27)10-16(15)11-19/h3-4,11-12,17-18,27H,2,5-10,13H2,1H3,(H,24,28)/t17-/m1/s1. The van der Waals surface area contributed by atoms with Crippen LogP contribution in [0, 0.1) is 0 Å². The first kappa shape index (κ1) is 18.4. The molecule has 1 aromatic carbocycles. The number of piperidine rings is 1. The van der Waals surface area contributed by atoms with E-state index in [0.29, 0.717) is 6.54 Å². The van der Waals surface area contributed by atoms with Gasteiger partial charge in [0.05, 0.1) is 23.9 Å². The highest BCUT2D eigenvalue weighted by Gasteiger charge is 2.27. The van der Waals surface area contributed by atoms with Crippen LogP contribution in [0.1, 0.15) is 52.5 Å². The van der Waals surface area contributed by atoms with Crippen molar-refractivity contribution < 1.29 is 14.6 Å². The Morgan fingerprint density at radius 3 is 2.79 bits per heavy atom. The molecule has 0 unspecified atom stereocenters. The smallest absolute Gasteiger partial charge is 0.253 e. The Balaban J connectivity index is 1.26. The van der Waals surface area contributed by atoms with Crippen LogP contribution in [0.15, 0.2) is 24.3 Å². The predicted molar refractivity (Wildman–Crippen MR) is 111 cm³/mol. The minimum Gasteiger partial charge on any atom is -0.490 e. The van der Waals surface area contributed by atoms with Gasteiger partial charge < -0.3 is 20.1 Å². The van der Waals surface area contributed by atoms with Crippen LogP contribution in [0.5, 0.6) is 5.75 Å². The fourth-order valence-corrected chi connectivity index (χ4v) is 4.73. The van der Waals surface area contributed by atoms with Crippen molar-refractivity contribution in [1.29, 1.82) is 0 Å². The quantitative estimate of drug-likeness (QED) is 0.834. The maximum absolute atomic E-state index is 11.9. The van der Waals surface area contributed by atoms with E-state index in [2.05, 4.69) is 29.3 Å². The average Bonchev–Trinajstić information content (AvgIpc) is 3.28. The number of nitrogens with one attached hydrogen (secondary N) is 1. The molecule has 6 heteroatoms. The first-order valence-electron chi connectivity index (χ1n) is 10.6. The van der Waals surface area contributed by atoms with Crippen LogP contribution in [-0.2, 0) is 25.8 Å². The van der Waals surface area contributed by atoms with Crippen LogP contribution in [0.4, 0.5) is 5.82 Å². The summed E-state index contributed by atoms with van der Waals surface area (Å²) in [6, 6.07) is 8.23. The first-order chi connectivity index (χ1) is 14.1. The van der Waals surface area contributed by atoms with Gasteiger partial charge >= 0.3 is 0 Å². The number of benzene rings is 1. The van der Waals surface area contributed by atoms with E-state index in [4.69, 9.17) is 9.72 Å². The second-order valence-electron chi connectivity index (χ2n) is 8.30. The van der Waals surface area contributed by atoms with E-state index in [1.807, 2.05) is 12.1 Å². The summed E-state index contributed by atoms with van der Waals surface area (Å²) in [6.07, 6.45) is 4.17. The molecular weight excluding hydrogens is 366 g/mol. The fourth-order valence-electron chi connectivity index (χ4n) is 4.73. The van der Waals surface area contributed by atoms with Crippen LogP contribution >= 0.6 is 0 Å². The molecule has 2 aliphatic heterocycles. The minimum absolute atomic E-state index is 0.0114. The van der Waals surface area contributed by atoms with Gasteiger partial charge in [0, 0.05) is 25.9 Å². The Kier molecular flexibility index (Phi) is 4.66. The molecule has 1 saturated heterocycles. The lowest BCUT2D eigenvalue weighted by Gasteiger charge is -2.34. The van der Waals surface area contributed by atoms with E-state index in [0.717, 1.165) is 73.6 Å². The lowest BCUT2D eigenvalue weighted by molar-refractivity contribution is 0.0965. The summed E-state index contributed by atoms with van der Waals surface area (Å²) in [7, 11) is 0. The van der Waals surface area contributed by atoms with E-state index >= 15 is 0 Å². The van der Waals surface area contributed by atoms with Crippen molar-refractivity contribution in [3.63, 3.8) is 0 Å². The number of aliphatic hydroxyl groups is 1. The molecule has 1 aliphatic carbocycles. The number of hydrogen-bond acceptors (Lipinski definition) is 5. The zero-order valence-corrected chi connectivity index (χ0v) is 16.8. The van der Waals surface area contributed by atoms with Crippen molar-refractivity contribution in [2.24, 2.45) is 0 Å². The van der Waals surface area contributed by atoms with Crippen molar-refractivity contribution in [3.8, 4) is 5.75 Å². The Bertz CT molecular complexity index is 951. The topological polar surface area (TPSA) is 74.7 Å². The highest BCUT2D eigenvalue weighted by Crippen LogP contribution is 2.30. The molecule has 1 aromatic heterocycles. The van der Waals surface area contributed by atoms with Crippen LogP contribution < -0.4 is 15.0 Å². The third kappa shape index (κ3) is 3.46. The van der Waals surface area contributed by atoms with Crippen molar-refractivity contribution in [1.82, 2.24) is 10.3 Å². The van der Waals surface area contributed by atoms with E-state index in [-0.39, 0.29) is 18.1 Å². The van der Waals surface area contributed by atoms with Crippen LogP contribution in [-0.4, -0.2) is 41.3 Å². The Labute approximate surface area is 170 Å². The minimum atomic E-state index is -0.249. The van der Waals surface area contributed by atoms with E-state index < -0.39 is 0 Å². The molecule has 152 valence electrons. The number of ether oxygens (including phenoxy) is 1. The molecule has 0 bridgehead atoms. The van der Waals surface area contributed by atoms with Crippen molar-refractivity contribution in [2.45, 2.75) is 57.8 Å². The molecule has 6 nitrogen and oxygen atoms in total. The maximum atomic E-state index is 11.9. The highest BCUT2D eigenvalue weighted by molar-refractivity contribution is 5.98. The van der Waals surface area contributed by atoms with Crippen LogP contribution in [0.3, 0.4) is 0 Å². The fraction of sp³-hybridized carbons (Fsp3) is 0.478. The maximum Gasteiger partial charge on any atom is 0.253 e. The van der Waals surface area contributed by atoms with Gasteiger partial charge in [0.2, 0.25) is 0 Å². The number of aromatic nitrogens is 1. The number of rotatable bonds is 4. The molecule has 0 saturated carbocycles. The number of pyridine rings is 1. The monoisotopic (exact) mass is 393 g/mol. The average molecular weight is 393 g/mol. The summed E-state index contributed by atoms with van der Waals surface area (Å²) < 4.78 is 6.26. The lowest BCUT2D eigenvalue weighted by atomic mass is 10.0. The molecule has 29 heavy (non-hydrogen) atoms. The second-order valence-corrected chi connectivity index (χ2v) is 8.30. The van der Waals surface area contributed by atoms with Gasteiger partial charge in [-0.3, -0.25) is 4.79 Å². The number of aryl methyl sites for hydroxylation is 1. The summed E-state index contributed by atoms with van der Waals surface area (Å²) in [5.41, 5.74) is 5.18. The molecule has 0 radical (unpaired) electrons. The zero-order chi connectivity index (χ0) is 20.0. The number of carbonyl (C=O) groups is 1. The van der Waals surface area contributed by atoms with E-state index in [1.165, 1.54) is 11.1 Å². The SMILES string of the molecule is CCc1cc2c(nc1N1CCC(Oc3ccc4c(c3)C[C@H](O)C4)CC1)CNC2=O. The molecule has 1 amide bonds. The highest BCUT2D eigenvalue weighted by atomic mass is 16.5. The van der Waals surface area contributed by atoms with E-state index in [9.17, 15) is 9.90 Å². The lowest BCUT2D eigenvalue weighted by Crippen LogP contribution is -2.39. The Morgan fingerprint density at radius 1 is 1.21 bits per heavy atom. The van der Waals surface area contributed by atoms with Gasteiger partial charge in [-0.15, -0.1) is 0 Å². The summed E-state index contributed by atoms with van der Waals surface area (Å²) in [5.74, 6) is 1.92. The number of aliphatic hydroxyl groups excluding tert-OH is 1. The summed E-state index contributed by atoms with van der Waals surface area (Å²) in [5, 5.41) is 12.7. The van der Waals surface area contributed by atoms with Gasteiger partial charge in [-0.2, -0.15) is 0 Å². The van der Waals surface area contributed by atoms with E-state index in [1.54, 1.807) is 0 Å². The molecule has 1 atom stereocenters. The van der Waals surface area contributed by atoms with Gasteiger partial charge in [0.15, 0.2) is 0 Å². The van der Waals surface area contributed by atoms with Crippen molar-refractivity contribution in [2.75, 3.05) is 18.0 Å². The van der Waals surface area contributed by atoms with Gasteiger partial charge in [0.1, 0.15) is 17.7 Å². The second kappa shape index (κ2) is 7.34. The third-order valence-corrected chi connectivity index (χ3v) is 6.33. The van der Waals surface area contributed by atoms with Gasteiger partial charge in [-0.25, -0.2) is 4.98 Å². The van der Waals surface area contributed by atoms with Gasteiger partial charge in [-0.1, -0.05) is 13.0 Å². The van der Waals surface area contributed by atoms with Crippen molar-refractivity contribution in [3.05, 3.63) is 52.2 Å². The Hall–Kier alpha value is -2.60. The number of carbonyl (C=O) groups excluding carboxylic acids is 1. The molecule has 1 fully saturated rings.